The molecule has 1 saturated heterocycles. The fourth-order valence-electron chi connectivity index (χ4n) is 3.25. The lowest BCUT2D eigenvalue weighted by molar-refractivity contribution is -0.142. The molecular weight excluding hydrogens is 384 g/mol. The van der Waals surface area contributed by atoms with Crippen molar-refractivity contribution in [2.24, 2.45) is 5.73 Å². The second-order valence-corrected chi connectivity index (χ2v) is 7.81. The Morgan fingerprint density at radius 2 is 1.70 bits per heavy atom. The number of allylic oxidation sites excluding steroid dienone is 3. The average Bonchev–Trinajstić information content (AvgIpc) is 3.46. The maximum absolute atomic E-state index is 11.8. The quantitative estimate of drug-likeness (QED) is 0.177. The fourth-order valence-corrected chi connectivity index (χ4v) is 3.25. The van der Waals surface area contributed by atoms with E-state index in [4.69, 9.17) is 15.6 Å². The summed E-state index contributed by atoms with van der Waals surface area (Å²) in [7, 11) is 0. The van der Waals surface area contributed by atoms with Crippen LogP contribution in [0.1, 0.15) is 84.0 Å². The van der Waals surface area contributed by atoms with Crippen LogP contribution in [0.25, 0.3) is 0 Å². The molecule has 1 rings (SSSR count). The monoisotopic (exact) mass is 422 g/mol. The third-order valence-electron chi connectivity index (χ3n) is 5.15. The molecule has 4 N–H and O–H groups in total. The van der Waals surface area contributed by atoms with E-state index in [0.29, 0.717) is 18.6 Å². The van der Waals surface area contributed by atoms with Crippen LogP contribution in [0.15, 0.2) is 24.3 Å². The second-order valence-electron chi connectivity index (χ2n) is 7.81. The molecular formula is C23H38N2O5. The van der Waals surface area contributed by atoms with Crippen molar-refractivity contribution in [3.8, 4) is 0 Å². The molecule has 0 spiro atoms. The van der Waals surface area contributed by atoms with Gasteiger partial charge in [-0.1, -0.05) is 50.5 Å². The van der Waals surface area contributed by atoms with E-state index in [2.05, 4.69) is 36.5 Å². The minimum Gasteiger partial charge on any atom is -0.480 e. The van der Waals surface area contributed by atoms with E-state index in [1.54, 1.807) is 0 Å². The van der Waals surface area contributed by atoms with Crippen LogP contribution in [-0.4, -0.2) is 41.1 Å². The molecule has 1 aliphatic rings. The van der Waals surface area contributed by atoms with Crippen LogP contribution in [0.5, 0.6) is 0 Å². The minimum absolute atomic E-state index is 0.0218. The first-order valence-corrected chi connectivity index (χ1v) is 11.2. The van der Waals surface area contributed by atoms with Crippen LogP contribution in [0, 0.1) is 0 Å². The van der Waals surface area contributed by atoms with Crippen LogP contribution in [-0.2, 0) is 19.1 Å². The summed E-state index contributed by atoms with van der Waals surface area (Å²) in [5.74, 6) is -2.01. The zero-order chi connectivity index (χ0) is 22.2. The van der Waals surface area contributed by atoms with Gasteiger partial charge in [0.1, 0.15) is 6.04 Å². The molecule has 170 valence electrons. The first-order chi connectivity index (χ1) is 14.4. The van der Waals surface area contributed by atoms with E-state index >= 15 is 0 Å². The predicted octanol–water partition coefficient (Wildman–Crippen LogP) is 3.62. The number of amides is 2. The summed E-state index contributed by atoms with van der Waals surface area (Å²) in [4.78, 5) is 33.7. The Balaban J connectivity index is 1.94. The molecule has 0 aromatic heterocycles. The molecule has 0 bridgehead atoms. The lowest BCUT2D eigenvalue weighted by atomic mass is 10.1. The molecule has 0 aromatic carbocycles. The van der Waals surface area contributed by atoms with Gasteiger partial charge < -0.3 is 20.9 Å². The van der Waals surface area contributed by atoms with Gasteiger partial charge in [-0.2, -0.15) is 0 Å². The molecule has 2 amide bonds. The van der Waals surface area contributed by atoms with Gasteiger partial charge >= 0.3 is 5.97 Å². The molecule has 0 unspecified atom stereocenters. The van der Waals surface area contributed by atoms with Crippen molar-refractivity contribution >= 4 is 17.8 Å². The van der Waals surface area contributed by atoms with Crippen LogP contribution in [0.2, 0.25) is 0 Å². The van der Waals surface area contributed by atoms with Gasteiger partial charge in [-0.25, -0.2) is 4.79 Å². The molecule has 3 atom stereocenters. The number of aliphatic carboxylic acids is 1. The highest BCUT2D eigenvalue weighted by molar-refractivity contribution is 5.84. The zero-order valence-electron chi connectivity index (χ0n) is 18.2. The number of hydrogen-bond acceptors (Lipinski definition) is 4. The predicted molar refractivity (Wildman–Crippen MR) is 117 cm³/mol. The summed E-state index contributed by atoms with van der Waals surface area (Å²) >= 11 is 0. The highest BCUT2D eigenvalue weighted by atomic mass is 16.6. The lowest BCUT2D eigenvalue weighted by Crippen LogP contribution is -2.41. The first kappa shape index (κ1) is 25.9. The Morgan fingerprint density at radius 3 is 2.37 bits per heavy atom. The highest BCUT2D eigenvalue weighted by Crippen LogP contribution is 2.28. The molecule has 7 nitrogen and oxygen atoms in total. The largest absolute Gasteiger partial charge is 0.480 e. The molecule has 1 heterocycles. The van der Waals surface area contributed by atoms with Crippen molar-refractivity contribution in [1.29, 1.82) is 0 Å². The summed E-state index contributed by atoms with van der Waals surface area (Å²) in [5, 5.41) is 11.5. The van der Waals surface area contributed by atoms with Crippen LogP contribution < -0.4 is 11.1 Å². The third kappa shape index (κ3) is 13.1. The van der Waals surface area contributed by atoms with E-state index < -0.39 is 17.9 Å². The Bertz CT molecular complexity index is 588. The molecule has 0 aliphatic carbocycles. The Labute approximate surface area is 180 Å². The Hall–Kier alpha value is -2.15. The normalized spacial score (nSPS) is 19.2. The SMILES string of the molecule is CC[C@H]1O[C@@H]1C/C=C\C/C=C\CCCCCCCC(=O)N[C@@H](CCC(N)=O)C(=O)O. The maximum Gasteiger partial charge on any atom is 0.326 e. The molecule has 0 radical (unpaired) electrons. The van der Waals surface area contributed by atoms with Gasteiger partial charge in [0, 0.05) is 12.8 Å². The van der Waals surface area contributed by atoms with Crippen molar-refractivity contribution in [3.63, 3.8) is 0 Å². The van der Waals surface area contributed by atoms with Crippen LogP contribution in [0.3, 0.4) is 0 Å². The fraction of sp³-hybridized carbons (Fsp3) is 0.696. The van der Waals surface area contributed by atoms with Gasteiger partial charge in [0.05, 0.1) is 12.2 Å². The molecule has 0 aromatic rings. The van der Waals surface area contributed by atoms with Crippen molar-refractivity contribution in [2.75, 3.05) is 0 Å². The van der Waals surface area contributed by atoms with E-state index in [-0.39, 0.29) is 18.7 Å². The summed E-state index contributed by atoms with van der Waals surface area (Å²) in [6.07, 6.45) is 19.2. The number of primary amides is 1. The molecule has 0 saturated carbocycles. The van der Waals surface area contributed by atoms with Crippen molar-refractivity contribution in [3.05, 3.63) is 24.3 Å². The standard InChI is InChI=1S/C23H38N2O5/c1-2-19-20(30-19)14-12-10-8-6-4-3-5-7-9-11-13-15-22(27)25-18(23(28)29)16-17-21(24)26/h4,6,10,12,18-20H,2-3,5,7-9,11,13-17H2,1H3,(H2,24,26)(H,25,27)(H,28,29)/b6-4-,12-10-/t18-,19+,20+/m0/s1. The number of nitrogens with two attached hydrogens (primary N) is 1. The van der Waals surface area contributed by atoms with Gasteiger partial charge in [-0.3, -0.25) is 9.59 Å². The van der Waals surface area contributed by atoms with Crippen molar-refractivity contribution in [1.82, 2.24) is 5.32 Å². The molecule has 7 heteroatoms. The third-order valence-corrected chi connectivity index (χ3v) is 5.15. The minimum atomic E-state index is -1.14. The number of carboxylic acids is 1. The number of carboxylic acid groups (broad SMARTS) is 1. The van der Waals surface area contributed by atoms with E-state index in [9.17, 15) is 14.4 Å². The summed E-state index contributed by atoms with van der Waals surface area (Å²) in [6, 6.07) is -1.05. The lowest BCUT2D eigenvalue weighted by Gasteiger charge is -2.13. The average molecular weight is 423 g/mol. The van der Waals surface area contributed by atoms with Gasteiger partial charge in [0.2, 0.25) is 11.8 Å². The molecule has 30 heavy (non-hydrogen) atoms. The van der Waals surface area contributed by atoms with E-state index in [1.807, 2.05) is 0 Å². The molecule has 1 aliphatic heterocycles. The highest BCUT2D eigenvalue weighted by Gasteiger charge is 2.35. The van der Waals surface area contributed by atoms with Gasteiger partial charge in [0.15, 0.2) is 0 Å². The number of nitrogens with one attached hydrogen (secondary N) is 1. The number of epoxide rings is 1. The number of hydrogen-bond donors (Lipinski definition) is 3. The van der Waals surface area contributed by atoms with Crippen molar-refractivity contribution in [2.45, 2.75) is 102 Å². The second kappa shape index (κ2) is 15.7. The number of carbonyl (C=O) groups excluding carboxylic acids is 2. The van der Waals surface area contributed by atoms with Crippen molar-refractivity contribution < 1.29 is 24.2 Å². The number of carbonyl (C=O) groups is 3. The van der Waals surface area contributed by atoms with Gasteiger partial charge in [-0.05, 0) is 44.9 Å². The number of ether oxygens (including phenoxy) is 1. The van der Waals surface area contributed by atoms with E-state index in [0.717, 1.165) is 57.8 Å². The van der Waals surface area contributed by atoms with Gasteiger partial charge in [0.25, 0.3) is 0 Å². The van der Waals surface area contributed by atoms with Crippen LogP contribution >= 0.6 is 0 Å². The summed E-state index contributed by atoms with van der Waals surface area (Å²) < 4.78 is 5.49. The first-order valence-electron chi connectivity index (χ1n) is 11.2. The topological polar surface area (TPSA) is 122 Å². The number of unbranched alkanes of at least 4 members (excludes halogenated alkanes) is 5. The van der Waals surface area contributed by atoms with E-state index in [1.165, 1.54) is 0 Å². The maximum atomic E-state index is 11.8. The Kier molecular flexibility index (Phi) is 13.5. The number of rotatable bonds is 18. The molecule has 1 fully saturated rings. The van der Waals surface area contributed by atoms with Gasteiger partial charge in [-0.15, -0.1) is 0 Å². The summed E-state index contributed by atoms with van der Waals surface area (Å²) in [5.41, 5.74) is 5.02. The summed E-state index contributed by atoms with van der Waals surface area (Å²) in [6.45, 7) is 2.15. The smallest absolute Gasteiger partial charge is 0.326 e. The van der Waals surface area contributed by atoms with Crippen LogP contribution in [0.4, 0.5) is 0 Å². The Morgan fingerprint density at radius 1 is 1.00 bits per heavy atom. The zero-order valence-corrected chi connectivity index (χ0v) is 18.2.